The highest BCUT2D eigenvalue weighted by Gasteiger charge is 2.66. The molecule has 0 radical (unpaired) electrons. The fourth-order valence-electron chi connectivity index (χ4n) is 8.84. The summed E-state index contributed by atoms with van der Waals surface area (Å²) in [5, 5.41) is 5.99. The van der Waals surface area contributed by atoms with E-state index >= 15 is 0 Å². The summed E-state index contributed by atoms with van der Waals surface area (Å²) in [6, 6.07) is 9.22. The van der Waals surface area contributed by atoms with E-state index in [4.69, 9.17) is 4.74 Å². The van der Waals surface area contributed by atoms with Crippen molar-refractivity contribution >= 4 is 10.8 Å². The minimum absolute atomic E-state index is 0.0159. The van der Waals surface area contributed by atoms with Crippen LogP contribution in [-0.4, -0.2) is 29.8 Å². The van der Waals surface area contributed by atoms with Crippen molar-refractivity contribution in [1.82, 2.24) is 10.3 Å². The smallest absolute Gasteiger partial charge is 0.0974 e. The Balaban J connectivity index is 1.26. The second-order valence-corrected chi connectivity index (χ2v) is 11.9. The van der Waals surface area contributed by atoms with E-state index in [0.717, 1.165) is 12.5 Å². The van der Waals surface area contributed by atoms with Gasteiger partial charge in [-0.15, -0.1) is 0 Å². The molecule has 0 amide bonds. The molecule has 1 N–H and O–H groups in total. The molecule has 3 heteroatoms. The lowest BCUT2D eigenvalue weighted by Gasteiger charge is -2.54. The summed E-state index contributed by atoms with van der Waals surface area (Å²) in [5.41, 5.74) is 4.86. The number of nitrogens with zero attached hydrogens (tertiary/aromatic N) is 1. The van der Waals surface area contributed by atoms with Crippen LogP contribution in [0.5, 0.6) is 0 Å². The van der Waals surface area contributed by atoms with Crippen LogP contribution in [-0.2, 0) is 4.74 Å². The van der Waals surface area contributed by atoms with Crippen molar-refractivity contribution in [2.24, 2.45) is 17.3 Å². The second kappa shape index (κ2) is 7.02. The molecule has 3 fully saturated rings. The van der Waals surface area contributed by atoms with Crippen LogP contribution in [0.3, 0.4) is 0 Å². The van der Waals surface area contributed by atoms with Gasteiger partial charge in [0.15, 0.2) is 0 Å². The second-order valence-electron chi connectivity index (χ2n) is 11.9. The topological polar surface area (TPSA) is 34.2 Å². The average Bonchev–Trinajstić information content (AvgIpc) is 3.34. The van der Waals surface area contributed by atoms with Gasteiger partial charge in [-0.05, 0) is 122 Å². The van der Waals surface area contributed by atoms with E-state index in [9.17, 15) is 0 Å². The van der Waals surface area contributed by atoms with Gasteiger partial charge in [0.2, 0.25) is 0 Å². The molecule has 1 aromatic carbocycles. The van der Waals surface area contributed by atoms with Gasteiger partial charge >= 0.3 is 0 Å². The van der Waals surface area contributed by atoms with Crippen LogP contribution >= 0.6 is 0 Å². The first-order valence-corrected chi connectivity index (χ1v) is 13.2. The molecule has 2 aromatic rings. The maximum atomic E-state index is 7.42. The predicted octanol–water partition coefficient (Wildman–Crippen LogP) is 6.31. The first-order chi connectivity index (χ1) is 16.1. The standard InChI is InChI=1S/C30H36N2O/c1-28-11-9-25-16-24-6-3-20(18-31-2)17-29(24)12-13-30(25,33-29)27(28)8-7-26(28)22-5-4-21-10-14-32-19-23(21)15-22/h4-5,9-10,14-16,19-20,26-27,31H,3,6-8,11-13,17-18H2,1-2H3/t20-,26-,27-,28-,29-,30-/m1/s1. The average molecular weight is 441 g/mol. The van der Waals surface area contributed by atoms with Crippen LogP contribution < -0.4 is 5.32 Å². The highest BCUT2D eigenvalue weighted by molar-refractivity contribution is 5.82. The first-order valence-electron chi connectivity index (χ1n) is 13.2. The molecular weight excluding hydrogens is 404 g/mol. The van der Waals surface area contributed by atoms with E-state index in [1.54, 1.807) is 5.57 Å². The van der Waals surface area contributed by atoms with Gasteiger partial charge in [0, 0.05) is 17.8 Å². The summed E-state index contributed by atoms with van der Waals surface area (Å²) >= 11 is 0. The summed E-state index contributed by atoms with van der Waals surface area (Å²) in [4.78, 5) is 4.38. The zero-order chi connectivity index (χ0) is 22.3. The molecule has 1 aromatic heterocycles. The maximum absolute atomic E-state index is 7.42. The monoisotopic (exact) mass is 440 g/mol. The van der Waals surface area contributed by atoms with Crippen molar-refractivity contribution in [3.05, 3.63) is 65.5 Å². The summed E-state index contributed by atoms with van der Waals surface area (Å²) in [6.45, 7) is 3.69. The van der Waals surface area contributed by atoms with Crippen molar-refractivity contribution in [3.63, 3.8) is 0 Å². The number of nitrogens with one attached hydrogen (secondary N) is 1. The fourth-order valence-corrected chi connectivity index (χ4v) is 8.84. The van der Waals surface area contributed by atoms with Crippen LogP contribution in [0.25, 0.3) is 10.8 Å². The SMILES string of the molecule is CNC[C@@H]1CCC2=CC3=CC[C@]4(C)[C@@H](c5ccc6ccncc6c5)CC[C@H]4[C@@]34CC[C@]2(C1)O4. The fraction of sp³-hybridized carbons (Fsp3) is 0.567. The van der Waals surface area contributed by atoms with Crippen molar-refractivity contribution in [1.29, 1.82) is 0 Å². The third kappa shape index (κ3) is 2.73. The third-order valence-electron chi connectivity index (χ3n) is 10.3. The van der Waals surface area contributed by atoms with Gasteiger partial charge in [0.25, 0.3) is 0 Å². The summed E-state index contributed by atoms with van der Waals surface area (Å²) in [5.74, 6) is 1.94. The number of aromatic nitrogens is 1. The molecule has 3 nitrogen and oxygen atoms in total. The van der Waals surface area contributed by atoms with Crippen LogP contribution in [0.2, 0.25) is 0 Å². The van der Waals surface area contributed by atoms with Gasteiger partial charge in [-0.25, -0.2) is 0 Å². The van der Waals surface area contributed by atoms with E-state index in [1.807, 2.05) is 12.4 Å². The number of ether oxygens (including phenoxy) is 1. The quantitative estimate of drug-likeness (QED) is 0.607. The molecule has 6 atom stereocenters. The molecule has 2 bridgehead atoms. The molecule has 3 heterocycles. The summed E-state index contributed by atoms with van der Waals surface area (Å²) < 4.78 is 7.42. The number of allylic oxidation sites excluding steroid dienone is 1. The van der Waals surface area contributed by atoms with Gasteiger partial charge in [-0.2, -0.15) is 0 Å². The molecule has 2 spiro atoms. The molecule has 1 saturated heterocycles. The predicted molar refractivity (Wildman–Crippen MR) is 133 cm³/mol. The van der Waals surface area contributed by atoms with Gasteiger partial charge in [0.05, 0.1) is 11.2 Å². The Morgan fingerprint density at radius 1 is 1.12 bits per heavy atom. The van der Waals surface area contributed by atoms with Crippen LogP contribution in [0.1, 0.15) is 69.8 Å². The van der Waals surface area contributed by atoms with Crippen LogP contribution in [0.15, 0.2) is 60.0 Å². The zero-order valence-electron chi connectivity index (χ0n) is 20.1. The van der Waals surface area contributed by atoms with E-state index < -0.39 is 0 Å². The minimum Gasteiger partial charge on any atom is -0.359 e. The van der Waals surface area contributed by atoms with E-state index in [0.29, 0.717) is 11.8 Å². The van der Waals surface area contributed by atoms with Crippen molar-refractivity contribution in [3.8, 4) is 0 Å². The number of hydrogen-bond acceptors (Lipinski definition) is 3. The molecular formula is C30H36N2O. The maximum Gasteiger partial charge on any atom is 0.0974 e. The summed E-state index contributed by atoms with van der Waals surface area (Å²) in [7, 11) is 2.09. The Kier molecular flexibility index (Phi) is 4.34. The minimum atomic E-state index is -0.0504. The van der Waals surface area contributed by atoms with Crippen LogP contribution in [0, 0.1) is 17.3 Å². The zero-order valence-corrected chi connectivity index (χ0v) is 20.1. The van der Waals surface area contributed by atoms with Gasteiger partial charge in [-0.1, -0.05) is 31.2 Å². The Morgan fingerprint density at radius 2 is 2.06 bits per heavy atom. The molecule has 7 rings (SSSR count). The normalized spacial score (nSPS) is 41.2. The number of rotatable bonds is 3. The van der Waals surface area contributed by atoms with E-state index in [1.165, 1.54) is 73.3 Å². The molecule has 3 aliphatic carbocycles. The molecule has 0 unspecified atom stereocenters. The molecule has 5 aliphatic rings. The van der Waals surface area contributed by atoms with Crippen molar-refractivity contribution < 1.29 is 4.74 Å². The van der Waals surface area contributed by atoms with Crippen molar-refractivity contribution in [2.75, 3.05) is 13.6 Å². The largest absolute Gasteiger partial charge is 0.359 e. The molecule has 33 heavy (non-hydrogen) atoms. The first kappa shape index (κ1) is 20.4. The number of pyridine rings is 1. The van der Waals surface area contributed by atoms with Gasteiger partial charge in [-0.3, -0.25) is 4.98 Å². The van der Waals surface area contributed by atoms with E-state index in [-0.39, 0.29) is 16.6 Å². The lowest BCUT2D eigenvalue weighted by Crippen LogP contribution is -2.54. The van der Waals surface area contributed by atoms with Crippen molar-refractivity contribution in [2.45, 2.75) is 75.4 Å². The van der Waals surface area contributed by atoms with Gasteiger partial charge < -0.3 is 10.1 Å². The highest BCUT2D eigenvalue weighted by Crippen LogP contribution is 2.69. The Hall–Kier alpha value is -1.97. The summed E-state index contributed by atoms with van der Waals surface area (Å²) in [6.07, 6.45) is 19.0. The third-order valence-corrected chi connectivity index (χ3v) is 10.3. The lowest BCUT2D eigenvalue weighted by atomic mass is 9.58. The van der Waals surface area contributed by atoms with Crippen LogP contribution in [0.4, 0.5) is 0 Å². The molecule has 2 saturated carbocycles. The Bertz CT molecular complexity index is 1180. The van der Waals surface area contributed by atoms with E-state index in [2.05, 4.69) is 60.7 Å². The Labute approximate surface area is 197 Å². The van der Waals surface area contributed by atoms with Gasteiger partial charge in [0.1, 0.15) is 0 Å². The Morgan fingerprint density at radius 3 is 2.97 bits per heavy atom. The highest BCUT2D eigenvalue weighted by atomic mass is 16.5. The number of fused-ring (bicyclic) bond motifs is 2. The lowest BCUT2D eigenvalue weighted by molar-refractivity contribution is -0.138. The number of benzene rings is 1. The molecule has 172 valence electrons. The molecule has 2 aliphatic heterocycles. The number of hydrogen-bond donors (Lipinski definition) is 1.